The van der Waals surface area contributed by atoms with Crippen molar-refractivity contribution < 1.29 is 49.7 Å². The Hall–Kier alpha value is -3.73. The van der Waals surface area contributed by atoms with E-state index < -0.39 is 65.1 Å². The standard InChI is InChI=1S/C41H44N2O10S2/c44-18-24-6-3-5-23(13-24)14-25-15-28-34(47)27-7-4-8-29-33(27)36(49)40(28,31(46)16-25)21-54-55-22-43-32-17-26(9-12-42-32)39(10-1-2-11-39)20-41(51)35(48)30(19-45)53-38(52-29)37(41)50/h3-9,12-13,15-17,28,30,35,37-38,44-46,48,50-51H,1-2,10-11,14,18-22H2,(H,42,43). The number of aliphatic hydroxyl groups excluding tert-OH is 5. The highest BCUT2D eigenvalue weighted by molar-refractivity contribution is 8.76. The van der Waals surface area contributed by atoms with Gasteiger partial charge in [-0.3, -0.25) is 9.59 Å². The van der Waals surface area contributed by atoms with Crippen molar-refractivity contribution in [1.82, 2.24) is 4.98 Å². The maximum absolute atomic E-state index is 15.1. The number of carbonyl (C=O) groups is 2. The second-order valence-electron chi connectivity index (χ2n) is 15.3. The van der Waals surface area contributed by atoms with Crippen LogP contribution in [0, 0.1) is 11.3 Å². The van der Waals surface area contributed by atoms with Gasteiger partial charge in [0.15, 0.2) is 11.6 Å². The van der Waals surface area contributed by atoms with Crippen LogP contribution >= 0.6 is 21.6 Å². The van der Waals surface area contributed by atoms with Crippen LogP contribution in [0.4, 0.5) is 5.82 Å². The van der Waals surface area contributed by atoms with Crippen LogP contribution in [0.3, 0.4) is 0 Å². The minimum atomic E-state index is -2.22. The number of hydrogen-bond acceptors (Lipinski definition) is 14. The Morgan fingerprint density at radius 2 is 1.75 bits per heavy atom. The van der Waals surface area contributed by atoms with E-state index in [0.717, 1.165) is 29.5 Å². The third-order valence-corrected chi connectivity index (χ3v) is 14.3. The third kappa shape index (κ3) is 6.50. The topological polar surface area (TPSA) is 199 Å². The number of fused-ring (bicyclic) bond motifs is 5. The van der Waals surface area contributed by atoms with Crippen LogP contribution in [0.1, 0.15) is 69.5 Å². The summed E-state index contributed by atoms with van der Waals surface area (Å²) in [5.74, 6) is -1.45. The number of hydrogen-bond donors (Lipinski definition) is 7. The molecule has 0 radical (unpaired) electrons. The molecule has 1 saturated carbocycles. The van der Waals surface area contributed by atoms with Gasteiger partial charge in [-0.05, 0) is 77.6 Å². The van der Waals surface area contributed by atoms with Crippen molar-refractivity contribution in [3.63, 3.8) is 0 Å². The first-order valence-electron chi connectivity index (χ1n) is 18.5. The number of nitrogens with zero attached hydrogens (tertiary/aromatic N) is 1. The Labute approximate surface area is 326 Å². The highest BCUT2D eigenvalue weighted by atomic mass is 33.1. The molecule has 1 aromatic heterocycles. The number of allylic oxidation sites excluding steroid dienone is 4. The lowest BCUT2D eigenvalue weighted by Crippen LogP contribution is -2.69. The largest absolute Gasteiger partial charge is 0.511 e. The van der Waals surface area contributed by atoms with Crippen molar-refractivity contribution in [2.45, 2.75) is 80.7 Å². The number of nitrogens with one attached hydrogen (secondary N) is 1. The summed E-state index contributed by atoms with van der Waals surface area (Å²) in [6.07, 6.45) is 1.73. The van der Waals surface area contributed by atoms with E-state index in [1.54, 1.807) is 24.4 Å². The molecule has 3 aliphatic carbocycles. The molecule has 8 rings (SSSR count). The maximum Gasteiger partial charge on any atom is 0.229 e. The zero-order valence-corrected chi connectivity index (χ0v) is 31.6. The Morgan fingerprint density at radius 1 is 0.964 bits per heavy atom. The van der Waals surface area contributed by atoms with E-state index in [2.05, 4.69) is 10.3 Å². The van der Waals surface area contributed by atoms with Gasteiger partial charge < -0.3 is 45.4 Å². The van der Waals surface area contributed by atoms with E-state index >= 15 is 4.79 Å². The smallest absolute Gasteiger partial charge is 0.229 e. The predicted octanol–water partition coefficient (Wildman–Crippen LogP) is 4.40. The van der Waals surface area contributed by atoms with E-state index in [4.69, 9.17) is 9.47 Å². The van der Waals surface area contributed by atoms with Crippen LogP contribution < -0.4 is 10.1 Å². The third-order valence-electron chi connectivity index (χ3n) is 12.1. The van der Waals surface area contributed by atoms with Gasteiger partial charge >= 0.3 is 0 Å². The van der Waals surface area contributed by atoms with E-state index in [-0.39, 0.29) is 41.4 Å². The molecule has 7 atom stereocenters. The predicted molar refractivity (Wildman–Crippen MR) is 207 cm³/mol. The molecule has 2 aromatic carbocycles. The number of aromatic nitrogens is 1. The van der Waals surface area contributed by atoms with Crippen LogP contribution in [0.15, 0.2) is 84.3 Å². The first-order valence-corrected chi connectivity index (χ1v) is 21.0. The minimum absolute atomic E-state index is 0.0200. The van der Waals surface area contributed by atoms with E-state index in [9.17, 15) is 35.4 Å². The van der Waals surface area contributed by atoms with Crippen molar-refractivity contribution in [2.75, 3.05) is 23.6 Å². The molecule has 2 fully saturated rings. The van der Waals surface area contributed by atoms with Gasteiger partial charge in [-0.15, -0.1) is 0 Å². The number of aliphatic hydroxyl groups is 6. The molecule has 7 N–H and O–H groups in total. The summed E-state index contributed by atoms with van der Waals surface area (Å²) in [6, 6.07) is 15.7. The van der Waals surface area contributed by atoms with Gasteiger partial charge in [-0.2, -0.15) is 0 Å². The van der Waals surface area contributed by atoms with Gasteiger partial charge in [0.05, 0.1) is 30.6 Å². The lowest BCUT2D eigenvalue weighted by atomic mass is 9.60. The summed E-state index contributed by atoms with van der Waals surface area (Å²) in [5, 5.41) is 71.2. The second kappa shape index (κ2) is 15.0. The van der Waals surface area contributed by atoms with Crippen molar-refractivity contribution >= 4 is 39.0 Å². The summed E-state index contributed by atoms with van der Waals surface area (Å²) >= 11 is 0. The summed E-state index contributed by atoms with van der Waals surface area (Å²) < 4.78 is 12.2. The average Bonchev–Trinajstić information content (AvgIpc) is 3.67. The molecule has 14 heteroatoms. The zero-order chi connectivity index (χ0) is 38.5. The fourth-order valence-corrected chi connectivity index (χ4v) is 11.5. The summed E-state index contributed by atoms with van der Waals surface area (Å²) in [6.45, 7) is -0.836. The first kappa shape index (κ1) is 38.2. The SMILES string of the molecule is O=C1c2cccc3c2C(=O)C2(CSSCNc4cc(ccn4)C4(CCCC4)CC4(O)C(O)C(CO)OC(O3)C4O)C(O)=CC(Cc3cccc(CO)c3)=CC12. The molecule has 1 saturated heterocycles. The Kier molecular flexibility index (Phi) is 10.4. The Bertz CT molecular complexity index is 2050. The van der Waals surface area contributed by atoms with Crippen LogP contribution in [0.2, 0.25) is 0 Å². The van der Waals surface area contributed by atoms with Crippen LogP contribution in [-0.2, 0) is 23.2 Å². The quantitative estimate of drug-likeness (QED) is 0.184. The molecule has 55 heavy (non-hydrogen) atoms. The molecule has 12 nitrogen and oxygen atoms in total. The van der Waals surface area contributed by atoms with Gasteiger partial charge in [0, 0.05) is 17.5 Å². The number of ether oxygens (including phenoxy) is 2. The second-order valence-corrected chi connectivity index (χ2v) is 17.7. The van der Waals surface area contributed by atoms with Crippen LogP contribution in [-0.4, -0.2) is 95.6 Å². The molecule has 5 aliphatic rings. The monoisotopic (exact) mass is 788 g/mol. The number of Topliss-reactive ketones (excluding diaryl/α,β-unsaturated/α-hetero) is 2. The number of rotatable bonds is 4. The van der Waals surface area contributed by atoms with Crippen molar-refractivity contribution in [2.24, 2.45) is 11.3 Å². The van der Waals surface area contributed by atoms with Gasteiger partial charge in [0.2, 0.25) is 6.29 Å². The Morgan fingerprint density at radius 3 is 2.53 bits per heavy atom. The number of ketones is 2. The maximum atomic E-state index is 15.1. The summed E-state index contributed by atoms with van der Waals surface area (Å²) in [7, 11) is 2.74. The van der Waals surface area contributed by atoms with Gasteiger partial charge in [-0.25, -0.2) is 4.98 Å². The fraction of sp³-hybridized carbons (Fsp3) is 0.439. The summed E-state index contributed by atoms with van der Waals surface area (Å²) in [4.78, 5) is 34.2. The normalized spacial score (nSPS) is 31.6. The fourth-order valence-electron chi connectivity index (χ4n) is 9.22. The molecule has 0 amide bonds. The molecule has 2 aliphatic heterocycles. The lowest BCUT2D eigenvalue weighted by molar-refractivity contribution is -0.318. The van der Waals surface area contributed by atoms with E-state index in [1.165, 1.54) is 39.8 Å². The molecule has 2 spiro atoms. The number of pyridine rings is 1. The van der Waals surface area contributed by atoms with Gasteiger partial charge in [-0.1, -0.05) is 76.9 Å². The van der Waals surface area contributed by atoms with Gasteiger partial charge in [0.1, 0.15) is 46.7 Å². The molecule has 290 valence electrons. The highest BCUT2D eigenvalue weighted by Gasteiger charge is 2.61. The molecule has 3 aromatic rings. The van der Waals surface area contributed by atoms with Crippen molar-refractivity contribution in [1.29, 1.82) is 0 Å². The molecule has 3 heterocycles. The van der Waals surface area contributed by atoms with Crippen molar-refractivity contribution in [3.05, 3.63) is 112 Å². The van der Waals surface area contributed by atoms with Gasteiger partial charge in [0.25, 0.3) is 0 Å². The highest BCUT2D eigenvalue weighted by Crippen LogP contribution is 2.54. The molecular weight excluding hydrogens is 745 g/mol. The number of anilines is 1. The van der Waals surface area contributed by atoms with E-state index in [1.807, 2.05) is 30.3 Å². The number of carbonyl (C=O) groups excluding carboxylic acids is 2. The number of benzene rings is 2. The Balaban J connectivity index is 1.23. The molecule has 6 bridgehead atoms. The van der Waals surface area contributed by atoms with Crippen LogP contribution in [0.5, 0.6) is 5.75 Å². The lowest BCUT2D eigenvalue weighted by Gasteiger charge is -2.51. The van der Waals surface area contributed by atoms with Crippen molar-refractivity contribution in [3.8, 4) is 5.75 Å². The average molecular weight is 789 g/mol. The summed E-state index contributed by atoms with van der Waals surface area (Å²) in [5.41, 5.74) is -1.52. The molecular formula is C41H44N2O10S2. The zero-order valence-electron chi connectivity index (χ0n) is 30.0. The van der Waals surface area contributed by atoms with E-state index in [0.29, 0.717) is 36.5 Å². The minimum Gasteiger partial charge on any atom is -0.511 e. The van der Waals surface area contributed by atoms with Crippen LogP contribution in [0.25, 0.3) is 0 Å². The first-order chi connectivity index (χ1) is 26.5. The molecule has 7 unspecified atom stereocenters.